The standard InChI is InChI=1S/C28H31F3N6O2/c1-16-8-23(29)22(28(38)35-18-2-3-18)10-26(16)37-13-17(11-33-37)21-9-19(12-32-27(21)31)34-25-4-6-36(14-24(25)30)20-5-7-39-15-20/h8-13,18,20,24-25,34H,2-7,14-15H2,1H3,(H,35,38)/t20?,24-,25+/m1/s1. The van der Waals surface area contributed by atoms with Crippen molar-refractivity contribution in [1.82, 2.24) is 25.0 Å². The topological polar surface area (TPSA) is 84.3 Å². The van der Waals surface area contributed by atoms with Gasteiger partial charge < -0.3 is 15.4 Å². The summed E-state index contributed by atoms with van der Waals surface area (Å²) in [6.45, 7) is 4.18. The van der Waals surface area contributed by atoms with Gasteiger partial charge >= 0.3 is 0 Å². The number of carbonyl (C=O) groups excluding carboxylic acids is 1. The Morgan fingerprint density at radius 1 is 1.13 bits per heavy atom. The van der Waals surface area contributed by atoms with Gasteiger partial charge in [-0.3, -0.25) is 9.69 Å². The fourth-order valence-corrected chi connectivity index (χ4v) is 5.34. The number of rotatable bonds is 7. The molecule has 3 atom stereocenters. The molecule has 11 heteroatoms. The third-order valence-electron chi connectivity index (χ3n) is 7.77. The van der Waals surface area contributed by atoms with Crippen LogP contribution in [-0.2, 0) is 4.74 Å². The highest BCUT2D eigenvalue weighted by Crippen LogP contribution is 2.29. The van der Waals surface area contributed by atoms with Crippen LogP contribution in [0.15, 0.2) is 36.8 Å². The van der Waals surface area contributed by atoms with E-state index < -0.39 is 29.9 Å². The van der Waals surface area contributed by atoms with E-state index in [-0.39, 0.29) is 23.2 Å². The lowest BCUT2D eigenvalue weighted by atomic mass is 10.0. The molecule has 2 saturated heterocycles. The highest BCUT2D eigenvalue weighted by Gasteiger charge is 2.34. The Morgan fingerprint density at radius 2 is 1.97 bits per heavy atom. The zero-order chi connectivity index (χ0) is 27.1. The number of hydrogen-bond donors (Lipinski definition) is 2. The quantitative estimate of drug-likeness (QED) is 0.441. The molecule has 2 aliphatic heterocycles. The van der Waals surface area contributed by atoms with Crippen molar-refractivity contribution < 1.29 is 22.7 Å². The van der Waals surface area contributed by atoms with Crippen molar-refractivity contribution in [2.75, 3.05) is 31.6 Å². The molecule has 3 fully saturated rings. The number of likely N-dealkylation sites (tertiary alicyclic amines) is 1. The summed E-state index contributed by atoms with van der Waals surface area (Å²) in [5.41, 5.74) is 2.18. The van der Waals surface area contributed by atoms with Gasteiger partial charge in [0.15, 0.2) is 0 Å². The summed E-state index contributed by atoms with van der Waals surface area (Å²) in [6, 6.07) is 4.30. The van der Waals surface area contributed by atoms with Crippen LogP contribution < -0.4 is 10.6 Å². The van der Waals surface area contributed by atoms with Gasteiger partial charge in [-0.15, -0.1) is 0 Å². The first-order valence-corrected chi connectivity index (χ1v) is 13.4. The number of halogens is 3. The van der Waals surface area contributed by atoms with Crippen LogP contribution in [0.2, 0.25) is 0 Å². The summed E-state index contributed by atoms with van der Waals surface area (Å²) < 4.78 is 51.3. The lowest BCUT2D eigenvalue weighted by Crippen LogP contribution is -2.51. The molecule has 3 aliphatic rings. The normalized spacial score (nSPS) is 23.6. The van der Waals surface area contributed by atoms with Crippen LogP contribution in [0.4, 0.5) is 18.9 Å². The number of piperidine rings is 1. The second-order valence-electron chi connectivity index (χ2n) is 10.7. The predicted octanol–water partition coefficient (Wildman–Crippen LogP) is 4.03. The van der Waals surface area contributed by atoms with Crippen molar-refractivity contribution in [3.05, 3.63) is 59.7 Å². The van der Waals surface area contributed by atoms with Gasteiger partial charge in [0, 0.05) is 49.1 Å². The Balaban J connectivity index is 1.19. The molecule has 1 amide bonds. The molecule has 0 spiro atoms. The zero-order valence-electron chi connectivity index (χ0n) is 21.7. The summed E-state index contributed by atoms with van der Waals surface area (Å²) in [6.07, 6.45) is 6.69. The lowest BCUT2D eigenvalue weighted by Gasteiger charge is -2.38. The van der Waals surface area contributed by atoms with Gasteiger partial charge in [-0.1, -0.05) is 0 Å². The van der Waals surface area contributed by atoms with Gasteiger partial charge in [-0.05, 0) is 56.4 Å². The molecular weight excluding hydrogens is 509 g/mol. The number of carbonyl (C=O) groups is 1. The molecule has 4 heterocycles. The van der Waals surface area contributed by atoms with Crippen molar-refractivity contribution in [3.63, 3.8) is 0 Å². The third kappa shape index (κ3) is 5.51. The van der Waals surface area contributed by atoms with E-state index in [0.29, 0.717) is 42.1 Å². The van der Waals surface area contributed by atoms with E-state index in [0.717, 1.165) is 32.4 Å². The SMILES string of the molecule is Cc1cc(F)c(C(=O)NC2CC2)cc1-n1cc(-c2cc(N[C@H]3CCN(C4CCOC4)C[C@H]3F)cnc2F)cn1. The number of anilines is 1. The number of nitrogens with one attached hydrogen (secondary N) is 2. The van der Waals surface area contributed by atoms with Crippen LogP contribution in [0.1, 0.15) is 41.6 Å². The van der Waals surface area contributed by atoms with Crippen LogP contribution in [0.5, 0.6) is 0 Å². The number of ether oxygens (including phenoxy) is 1. The van der Waals surface area contributed by atoms with E-state index in [1.807, 2.05) is 0 Å². The smallest absolute Gasteiger partial charge is 0.254 e. The molecule has 0 bridgehead atoms. The molecule has 1 unspecified atom stereocenters. The van der Waals surface area contributed by atoms with Gasteiger partial charge in [-0.25, -0.2) is 18.4 Å². The van der Waals surface area contributed by atoms with E-state index in [2.05, 4.69) is 25.6 Å². The summed E-state index contributed by atoms with van der Waals surface area (Å²) in [7, 11) is 0. The van der Waals surface area contributed by atoms with E-state index in [1.54, 1.807) is 19.2 Å². The maximum Gasteiger partial charge on any atom is 0.254 e. The molecular formula is C28H31F3N6O2. The van der Waals surface area contributed by atoms with Crippen LogP contribution in [0.25, 0.3) is 16.8 Å². The molecule has 1 saturated carbocycles. The maximum absolute atomic E-state index is 15.1. The number of benzene rings is 1. The van der Waals surface area contributed by atoms with E-state index >= 15 is 4.39 Å². The molecule has 0 radical (unpaired) electrons. The predicted molar refractivity (Wildman–Crippen MR) is 140 cm³/mol. The number of nitrogens with zero attached hydrogens (tertiary/aromatic N) is 4. The summed E-state index contributed by atoms with van der Waals surface area (Å²) in [5.74, 6) is -1.76. The molecule has 1 aliphatic carbocycles. The molecule has 206 valence electrons. The number of amides is 1. The third-order valence-corrected chi connectivity index (χ3v) is 7.77. The van der Waals surface area contributed by atoms with Crippen molar-refractivity contribution in [1.29, 1.82) is 0 Å². The van der Waals surface area contributed by atoms with E-state index in [1.165, 1.54) is 29.2 Å². The minimum absolute atomic E-state index is 0.0640. The Kier molecular flexibility index (Phi) is 7.03. The second kappa shape index (κ2) is 10.6. The van der Waals surface area contributed by atoms with Gasteiger partial charge in [-0.2, -0.15) is 9.49 Å². The van der Waals surface area contributed by atoms with Gasteiger partial charge in [0.25, 0.3) is 5.91 Å². The molecule has 2 aromatic heterocycles. The average Bonchev–Trinajstić information content (AvgIpc) is 3.35. The molecule has 39 heavy (non-hydrogen) atoms. The highest BCUT2D eigenvalue weighted by molar-refractivity contribution is 5.95. The van der Waals surface area contributed by atoms with Crippen molar-refractivity contribution in [2.24, 2.45) is 0 Å². The second-order valence-corrected chi connectivity index (χ2v) is 10.7. The van der Waals surface area contributed by atoms with E-state index in [4.69, 9.17) is 4.74 Å². The number of hydrogen-bond acceptors (Lipinski definition) is 6. The summed E-state index contributed by atoms with van der Waals surface area (Å²) >= 11 is 0. The Bertz CT molecular complexity index is 1370. The minimum Gasteiger partial charge on any atom is -0.380 e. The molecule has 6 rings (SSSR count). The Labute approximate surface area is 224 Å². The summed E-state index contributed by atoms with van der Waals surface area (Å²) in [4.78, 5) is 18.5. The van der Waals surface area contributed by atoms with Crippen molar-refractivity contribution >= 4 is 11.6 Å². The van der Waals surface area contributed by atoms with Gasteiger partial charge in [0.2, 0.25) is 5.95 Å². The van der Waals surface area contributed by atoms with Crippen LogP contribution >= 0.6 is 0 Å². The minimum atomic E-state index is -1.08. The first-order chi connectivity index (χ1) is 18.9. The summed E-state index contributed by atoms with van der Waals surface area (Å²) in [5, 5.41) is 10.3. The fourth-order valence-electron chi connectivity index (χ4n) is 5.34. The van der Waals surface area contributed by atoms with E-state index in [9.17, 15) is 13.6 Å². The number of pyridine rings is 1. The van der Waals surface area contributed by atoms with Crippen LogP contribution in [-0.4, -0.2) is 76.2 Å². The monoisotopic (exact) mass is 540 g/mol. The molecule has 2 N–H and O–H groups in total. The van der Waals surface area contributed by atoms with Crippen LogP contribution in [0, 0.1) is 18.7 Å². The first kappa shape index (κ1) is 25.8. The maximum atomic E-state index is 15.1. The Hall–Kier alpha value is -3.44. The van der Waals surface area contributed by atoms with Gasteiger partial charge in [0.05, 0.1) is 42.0 Å². The van der Waals surface area contributed by atoms with Crippen molar-refractivity contribution in [3.8, 4) is 16.8 Å². The van der Waals surface area contributed by atoms with Gasteiger partial charge in [0.1, 0.15) is 12.0 Å². The molecule has 1 aromatic carbocycles. The molecule has 3 aromatic rings. The first-order valence-electron chi connectivity index (χ1n) is 13.4. The Morgan fingerprint density at radius 3 is 2.72 bits per heavy atom. The van der Waals surface area contributed by atoms with Crippen LogP contribution in [0.3, 0.4) is 0 Å². The van der Waals surface area contributed by atoms with Crippen molar-refractivity contribution in [2.45, 2.75) is 56.9 Å². The number of alkyl halides is 1. The largest absolute Gasteiger partial charge is 0.380 e. The average molecular weight is 541 g/mol. The zero-order valence-corrected chi connectivity index (χ0v) is 21.7. The lowest BCUT2D eigenvalue weighted by molar-refractivity contribution is 0.0789. The number of aromatic nitrogens is 3. The highest BCUT2D eigenvalue weighted by atomic mass is 19.1. The fraction of sp³-hybridized carbons (Fsp3) is 0.464. The number of aryl methyl sites for hydroxylation is 1. The molecule has 8 nitrogen and oxygen atoms in total.